The van der Waals surface area contributed by atoms with Gasteiger partial charge >= 0.3 is 0 Å². The number of amides is 1. The minimum atomic E-state index is -1.42. The summed E-state index contributed by atoms with van der Waals surface area (Å²) in [6.07, 6.45) is 1.54. The number of ether oxygens (including phenoxy) is 1. The van der Waals surface area contributed by atoms with Crippen LogP contribution in [0.5, 0.6) is 5.75 Å². The van der Waals surface area contributed by atoms with Crippen LogP contribution in [0.4, 0.5) is 5.69 Å². The monoisotopic (exact) mass is 548 g/mol. The Labute approximate surface area is 228 Å². The van der Waals surface area contributed by atoms with Crippen molar-refractivity contribution < 1.29 is 14.5 Å². The molecular weight excluding hydrogens is 527 g/mol. The number of carbonyl (C=O) groups excluding carboxylic acids is 1. The van der Waals surface area contributed by atoms with Gasteiger partial charge in [0.25, 0.3) is 11.9 Å². The lowest BCUT2D eigenvalue weighted by Gasteiger charge is -2.32. The minimum Gasteiger partial charge on any atom is -0.486 e. The van der Waals surface area contributed by atoms with Crippen LogP contribution in [-0.4, -0.2) is 34.4 Å². The minimum absolute atomic E-state index is 0.0833. The van der Waals surface area contributed by atoms with Crippen LogP contribution in [-0.2, 0) is 16.9 Å². The van der Waals surface area contributed by atoms with Crippen molar-refractivity contribution in [3.63, 3.8) is 0 Å². The lowest BCUT2D eigenvalue weighted by atomic mass is 9.77. The predicted octanol–water partition coefficient (Wildman–Crippen LogP) is 5.50. The number of para-hydroxylation sites is 1. The first-order chi connectivity index (χ1) is 18.4. The Morgan fingerprint density at radius 1 is 1.16 bits per heavy atom. The fourth-order valence-corrected chi connectivity index (χ4v) is 7.20. The number of nitriles is 1. The second kappa shape index (κ2) is 9.28. The molecule has 1 spiro atoms. The molecule has 3 heterocycles. The average molecular weight is 549 g/mol. The molecule has 192 valence electrons. The van der Waals surface area contributed by atoms with Crippen molar-refractivity contribution in [1.29, 1.82) is 5.26 Å². The molecule has 8 nitrogen and oxygen atoms in total. The van der Waals surface area contributed by atoms with Crippen molar-refractivity contribution >= 4 is 34.8 Å². The third-order valence-corrected chi connectivity index (χ3v) is 8.57. The lowest BCUT2D eigenvalue weighted by molar-refractivity contribution is -0.534. The summed E-state index contributed by atoms with van der Waals surface area (Å²) in [6.45, 7) is 0.661. The van der Waals surface area contributed by atoms with Crippen molar-refractivity contribution in [1.82, 2.24) is 4.90 Å². The maximum absolute atomic E-state index is 13.6. The van der Waals surface area contributed by atoms with Gasteiger partial charge in [-0.25, -0.2) is 0 Å². The Balaban J connectivity index is 1.41. The van der Waals surface area contributed by atoms with Crippen molar-refractivity contribution in [2.24, 2.45) is 0 Å². The second-order valence-electron chi connectivity index (χ2n) is 9.80. The molecule has 1 amide bonds. The number of nitrogens with zero attached hydrogens (tertiary/aromatic N) is 3. The number of fused-ring (bicyclic) bond motifs is 4. The Morgan fingerprint density at radius 3 is 2.61 bits per heavy atom. The summed E-state index contributed by atoms with van der Waals surface area (Å²) in [7, 11) is 0. The van der Waals surface area contributed by atoms with E-state index < -0.39 is 17.5 Å². The van der Waals surface area contributed by atoms with Crippen LogP contribution in [0.1, 0.15) is 41.0 Å². The third kappa shape index (κ3) is 3.50. The number of hydrogen-bond donors (Lipinski definition) is 1. The molecule has 0 radical (unpaired) electrons. The molecule has 0 aliphatic carbocycles. The van der Waals surface area contributed by atoms with E-state index in [1.165, 1.54) is 0 Å². The topological polar surface area (TPSA) is 108 Å². The fraction of sp³-hybridized carbons (Fsp3) is 0.286. The van der Waals surface area contributed by atoms with Gasteiger partial charge in [-0.3, -0.25) is 19.8 Å². The number of nitro groups is 1. The van der Waals surface area contributed by atoms with Gasteiger partial charge in [-0.05, 0) is 42.7 Å². The predicted molar refractivity (Wildman–Crippen MR) is 142 cm³/mol. The van der Waals surface area contributed by atoms with Crippen molar-refractivity contribution in [3.05, 3.63) is 103 Å². The second-order valence-corrected chi connectivity index (χ2v) is 10.6. The number of anilines is 1. The number of rotatable bonds is 5. The van der Waals surface area contributed by atoms with E-state index in [4.69, 9.17) is 27.9 Å². The van der Waals surface area contributed by atoms with Gasteiger partial charge in [-0.15, -0.1) is 0 Å². The highest BCUT2D eigenvalue weighted by Gasteiger charge is 2.73. The van der Waals surface area contributed by atoms with Gasteiger partial charge in [0.15, 0.2) is 11.3 Å². The summed E-state index contributed by atoms with van der Waals surface area (Å²) in [5, 5.41) is 25.4. The van der Waals surface area contributed by atoms with Crippen LogP contribution in [0.25, 0.3) is 0 Å². The summed E-state index contributed by atoms with van der Waals surface area (Å²) in [5.41, 5.74) is 1.59. The Kier molecular flexibility index (Phi) is 6.03. The Morgan fingerprint density at radius 2 is 1.87 bits per heavy atom. The fourth-order valence-electron chi connectivity index (χ4n) is 6.59. The summed E-state index contributed by atoms with van der Waals surface area (Å²) >= 11 is 13.3. The quantitative estimate of drug-likeness (QED) is 0.333. The van der Waals surface area contributed by atoms with Gasteiger partial charge < -0.3 is 10.1 Å². The van der Waals surface area contributed by atoms with Gasteiger partial charge in [-0.2, -0.15) is 5.26 Å². The lowest BCUT2D eigenvalue weighted by Crippen LogP contribution is -2.55. The van der Waals surface area contributed by atoms with Crippen molar-refractivity contribution in [2.75, 3.05) is 11.9 Å². The zero-order valence-electron chi connectivity index (χ0n) is 20.1. The molecule has 38 heavy (non-hydrogen) atoms. The largest absolute Gasteiger partial charge is 0.486 e. The highest BCUT2D eigenvalue weighted by atomic mass is 35.5. The van der Waals surface area contributed by atoms with E-state index in [9.17, 15) is 20.2 Å². The van der Waals surface area contributed by atoms with Gasteiger partial charge in [-0.1, -0.05) is 59.6 Å². The Bertz CT molecular complexity index is 1500. The summed E-state index contributed by atoms with van der Waals surface area (Å²) in [5.74, 6) is -0.752. The van der Waals surface area contributed by atoms with E-state index in [0.717, 1.165) is 6.42 Å². The van der Waals surface area contributed by atoms with Crippen LogP contribution < -0.4 is 10.1 Å². The van der Waals surface area contributed by atoms with Crippen molar-refractivity contribution in [2.45, 2.75) is 43.0 Å². The Hall–Kier alpha value is -3.64. The molecule has 4 atom stereocenters. The van der Waals surface area contributed by atoms with E-state index >= 15 is 0 Å². The molecule has 0 unspecified atom stereocenters. The maximum atomic E-state index is 13.6. The van der Waals surface area contributed by atoms with E-state index in [-0.39, 0.29) is 39.3 Å². The zero-order valence-corrected chi connectivity index (χ0v) is 21.6. The van der Waals surface area contributed by atoms with Gasteiger partial charge in [0.05, 0.1) is 27.6 Å². The molecule has 6 rings (SSSR count). The van der Waals surface area contributed by atoms with E-state index in [1.807, 2.05) is 11.0 Å². The standard InChI is InChI=1S/C28H22Cl2N4O4/c29-20-12-18(13-21(30)25(20)38-15-17-7-2-1-6-16(17)14-31)24-23-10-5-11-33(23)28(26(24)34(36)37)19-8-3-4-9-22(19)32-27(28)35/h1-4,6-9,12-13,23-24,26H,5,10-11,15H2,(H,32,35)/t23-,24+,26-,28-/m0/s1. The van der Waals surface area contributed by atoms with Crippen LogP contribution in [0, 0.1) is 21.4 Å². The molecule has 10 heteroatoms. The van der Waals surface area contributed by atoms with Crippen LogP contribution in [0.2, 0.25) is 10.0 Å². The maximum Gasteiger partial charge on any atom is 0.256 e. The molecule has 0 aromatic heterocycles. The van der Waals surface area contributed by atoms with Crippen LogP contribution >= 0.6 is 23.2 Å². The SMILES string of the molecule is N#Cc1ccccc1COc1c(Cl)cc([C@H]2[C@H]([N+](=O)[O-])[C@@]3(C(=O)Nc4ccccc43)N3CCC[C@@H]23)cc1Cl. The van der Waals surface area contributed by atoms with Gasteiger partial charge in [0, 0.05) is 34.3 Å². The number of hydrogen-bond acceptors (Lipinski definition) is 6. The molecule has 2 fully saturated rings. The first-order valence-electron chi connectivity index (χ1n) is 12.3. The molecule has 3 aromatic rings. The number of benzene rings is 3. The molecule has 2 saturated heterocycles. The molecule has 0 bridgehead atoms. The normalized spacial score (nSPS) is 25.6. The molecule has 0 saturated carbocycles. The van der Waals surface area contributed by atoms with E-state index in [2.05, 4.69) is 11.4 Å². The van der Waals surface area contributed by atoms with E-state index in [0.29, 0.717) is 40.9 Å². The van der Waals surface area contributed by atoms with Crippen molar-refractivity contribution in [3.8, 4) is 11.8 Å². The van der Waals surface area contributed by atoms with Gasteiger partial charge in [0.1, 0.15) is 6.61 Å². The first-order valence-corrected chi connectivity index (χ1v) is 13.0. The van der Waals surface area contributed by atoms with Gasteiger partial charge in [0.2, 0.25) is 0 Å². The summed E-state index contributed by atoms with van der Waals surface area (Å²) in [6, 6.07) is 18.2. The third-order valence-electron chi connectivity index (χ3n) is 8.01. The summed E-state index contributed by atoms with van der Waals surface area (Å²) in [4.78, 5) is 28.1. The van der Waals surface area contributed by atoms with Crippen LogP contribution in [0.3, 0.4) is 0 Å². The molecule has 3 aromatic carbocycles. The summed E-state index contributed by atoms with van der Waals surface area (Å²) < 4.78 is 5.91. The first kappa shape index (κ1) is 24.7. The molecule has 3 aliphatic heterocycles. The highest BCUT2D eigenvalue weighted by molar-refractivity contribution is 6.37. The molecular formula is C28H22Cl2N4O4. The number of nitrogens with one attached hydrogen (secondary N) is 1. The highest BCUT2D eigenvalue weighted by Crippen LogP contribution is 2.58. The average Bonchev–Trinajstić information content (AvgIpc) is 3.56. The molecule has 1 N–H and O–H groups in total. The molecule has 3 aliphatic rings. The van der Waals surface area contributed by atoms with Crippen LogP contribution in [0.15, 0.2) is 60.7 Å². The zero-order chi connectivity index (χ0) is 26.6. The number of carbonyl (C=O) groups is 1. The van der Waals surface area contributed by atoms with E-state index in [1.54, 1.807) is 54.6 Å². The number of halogens is 2. The smallest absolute Gasteiger partial charge is 0.256 e.